The van der Waals surface area contributed by atoms with Crippen LogP contribution in [0.4, 0.5) is 15.8 Å². The predicted octanol–water partition coefficient (Wildman–Crippen LogP) is 6.15. The molecule has 31 heavy (non-hydrogen) atoms. The lowest BCUT2D eigenvalue weighted by atomic mass is 10.1. The first-order valence-corrected chi connectivity index (χ1v) is 10.9. The van der Waals surface area contributed by atoms with Crippen molar-refractivity contribution in [1.82, 2.24) is 0 Å². The molecule has 3 aromatic carbocycles. The standard InChI is InChI=1S/C24H16ClFN2O2S/c25-21-18-10-7-16(26)13-20(18)31-22(21)23(29)27-17-8-5-15(6-9-17)24(30)28-12-11-14-3-1-2-4-19(14)28/h1-10,13H,11-12H2,(H,27,29). The lowest BCUT2D eigenvalue weighted by molar-refractivity contribution is 0.0988. The summed E-state index contributed by atoms with van der Waals surface area (Å²) in [4.78, 5) is 27.7. The predicted molar refractivity (Wildman–Crippen MR) is 123 cm³/mol. The van der Waals surface area contributed by atoms with Crippen LogP contribution >= 0.6 is 22.9 Å². The van der Waals surface area contributed by atoms with Crippen LogP contribution in [0.25, 0.3) is 10.1 Å². The van der Waals surface area contributed by atoms with Gasteiger partial charge in [0.15, 0.2) is 0 Å². The van der Waals surface area contributed by atoms with Crippen molar-refractivity contribution in [1.29, 1.82) is 0 Å². The monoisotopic (exact) mass is 450 g/mol. The Morgan fingerprint density at radius 3 is 2.61 bits per heavy atom. The molecule has 0 bridgehead atoms. The lowest BCUT2D eigenvalue weighted by Crippen LogP contribution is -2.28. The third kappa shape index (κ3) is 3.58. The highest BCUT2D eigenvalue weighted by Gasteiger charge is 2.25. The van der Waals surface area contributed by atoms with Gasteiger partial charge in [-0.1, -0.05) is 29.8 Å². The van der Waals surface area contributed by atoms with E-state index in [1.807, 2.05) is 24.3 Å². The molecule has 1 N–H and O–H groups in total. The molecule has 4 nitrogen and oxygen atoms in total. The molecular weight excluding hydrogens is 435 g/mol. The van der Waals surface area contributed by atoms with Gasteiger partial charge in [0.25, 0.3) is 11.8 Å². The molecule has 1 aliphatic heterocycles. The lowest BCUT2D eigenvalue weighted by Gasteiger charge is -2.17. The summed E-state index contributed by atoms with van der Waals surface area (Å²) < 4.78 is 14.1. The quantitative estimate of drug-likeness (QED) is 0.407. The van der Waals surface area contributed by atoms with Crippen LogP contribution in [0.2, 0.25) is 5.02 Å². The minimum Gasteiger partial charge on any atom is -0.321 e. The molecule has 0 unspecified atom stereocenters. The summed E-state index contributed by atoms with van der Waals surface area (Å²) in [5.41, 5.74) is 3.20. The largest absolute Gasteiger partial charge is 0.321 e. The number of anilines is 2. The van der Waals surface area contributed by atoms with Crippen molar-refractivity contribution < 1.29 is 14.0 Å². The molecule has 154 valence electrons. The number of carbonyl (C=O) groups is 2. The van der Waals surface area contributed by atoms with Crippen LogP contribution in [0.5, 0.6) is 0 Å². The summed E-state index contributed by atoms with van der Waals surface area (Å²) >= 11 is 7.47. The molecular formula is C24H16ClFN2O2S. The second kappa shape index (κ2) is 7.80. The van der Waals surface area contributed by atoms with E-state index in [1.54, 1.807) is 35.2 Å². The Kier molecular flexibility index (Phi) is 4.96. The molecule has 2 amide bonds. The van der Waals surface area contributed by atoms with Gasteiger partial charge >= 0.3 is 0 Å². The second-order valence-electron chi connectivity index (χ2n) is 7.25. The van der Waals surface area contributed by atoms with Crippen LogP contribution in [0.15, 0.2) is 66.7 Å². The first-order chi connectivity index (χ1) is 15.0. The minimum atomic E-state index is -0.377. The molecule has 0 spiro atoms. The highest BCUT2D eigenvalue weighted by Crippen LogP contribution is 2.36. The highest BCUT2D eigenvalue weighted by molar-refractivity contribution is 7.21. The number of rotatable bonds is 3. The van der Waals surface area contributed by atoms with Crippen LogP contribution in [0.3, 0.4) is 0 Å². The summed E-state index contributed by atoms with van der Waals surface area (Å²) in [5, 5.41) is 3.74. The topological polar surface area (TPSA) is 49.4 Å². The number of hydrogen-bond donors (Lipinski definition) is 1. The van der Waals surface area contributed by atoms with Crippen LogP contribution in [-0.2, 0) is 6.42 Å². The van der Waals surface area contributed by atoms with Crippen molar-refractivity contribution in [2.24, 2.45) is 0 Å². The highest BCUT2D eigenvalue weighted by atomic mass is 35.5. The summed E-state index contributed by atoms with van der Waals surface area (Å²) in [7, 11) is 0. The number of fused-ring (bicyclic) bond motifs is 2. The summed E-state index contributed by atoms with van der Waals surface area (Å²) in [6.45, 7) is 0.654. The number of amides is 2. The Labute approximate surface area is 186 Å². The minimum absolute atomic E-state index is 0.0718. The number of nitrogens with zero attached hydrogens (tertiary/aromatic N) is 1. The molecule has 1 aliphatic rings. The Bertz CT molecular complexity index is 1330. The Hall–Kier alpha value is -3.22. The third-order valence-corrected chi connectivity index (χ3v) is 6.98. The van der Waals surface area contributed by atoms with Gasteiger partial charge in [0.05, 0.1) is 5.02 Å². The zero-order valence-corrected chi connectivity index (χ0v) is 17.8. The van der Waals surface area contributed by atoms with Gasteiger partial charge in [-0.2, -0.15) is 0 Å². The zero-order valence-electron chi connectivity index (χ0n) is 16.2. The van der Waals surface area contributed by atoms with E-state index < -0.39 is 0 Å². The molecule has 5 rings (SSSR count). The van der Waals surface area contributed by atoms with Crippen molar-refractivity contribution in [3.63, 3.8) is 0 Å². The van der Waals surface area contributed by atoms with Crippen molar-refractivity contribution >= 4 is 56.2 Å². The van der Waals surface area contributed by atoms with Crippen LogP contribution < -0.4 is 10.2 Å². The van der Waals surface area contributed by atoms with Crippen LogP contribution in [0, 0.1) is 5.82 Å². The fourth-order valence-corrected chi connectivity index (χ4v) is 5.21. The fraction of sp³-hybridized carbons (Fsp3) is 0.0833. The van der Waals surface area contributed by atoms with E-state index in [4.69, 9.17) is 11.6 Å². The van der Waals surface area contributed by atoms with Gasteiger partial charge in [-0.3, -0.25) is 9.59 Å². The summed E-state index contributed by atoms with van der Waals surface area (Å²) in [6, 6.07) is 18.9. The van der Waals surface area contributed by atoms with Gasteiger partial charge in [0, 0.05) is 33.6 Å². The van der Waals surface area contributed by atoms with E-state index in [-0.39, 0.29) is 17.6 Å². The second-order valence-corrected chi connectivity index (χ2v) is 8.68. The zero-order chi connectivity index (χ0) is 21.5. The molecule has 7 heteroatoms. The van der Waals surface area contributed by atoms with Gasteiger partial charge in [-0.25, -0.2) is 4.39 Å². The Morgan fingerprint density at radius 2 is 1.81 bits per heavy atom. The smallest absolute Gasteiger partial charge is 0.267 e. The van der Waals surface area contributed by atoms with E-state index in [9.17, 15) is 14.0 Å². The number of benzene rings is 3. The first-order valence-electron chi connectivity index (χ1n) is 9.70. The van der Waals surface area contributed by atoms with Gasteiger partial charge < -0.3 is 10.2 Å². The van der Waals surface area contributed by atoms with Crippen molar-refractivity contribution in [2.45, 2.75) is 6.42 Å². The van der Waals surface area contributed by atoms with Crippen molar-refractivity contribution in [2.75, 3.05) is 16.8 Å². The van der Waals surface area contributed by atoms with Gasteiger partial charge in [0.1, 0.15) is 10.7 Å². The van der Waals surface area contributed by atoms with E-state index in [2.05, 4.69) is 5.32 Å². The van der Waals surface area contributed by atoms with Crippen molar-refractivity contribution in [3.8, 4) is 0 Å². The van der Waals surface area contributed by atoms with Gasteiger partial charge in [-0.05, 0) is 60.5 Å². The molecule has 0 aliphatic carbocycles. The van der Waals surface area contributed by atoms with Crippen molar-refractivity contribution in [3.05, 3.63) is 93.6 Å². The SMILES string of the molecule is O=C(Nc1ccc(C(=O)N2CCc3ccccc32)cc1)c1sc2cc(F)ccc2c1Cl. The summed E-state index contributed by atoms with van der Waals surface area (Å²) in [5.74, 6) is -0.824. The number of nitrogens with one attached hydrogen (secondary N) is 1. The van der Waals surface area contributed by atoms with E-state index in [0.717, 1.165) is 23.4 Å². The molecule has 0 fully saturated rings. The Balaban J connectivity index is 1.33. The summed E-state index contributed by atoms with van der Waals surface area (Å²) in [6.07, 6.45) is 0.843. The van der Waals surface area contributed by atoms with Crippen LogP contribution in [0.1, 0.15) is 25.6 Å². The number of hydrogen-bond acceptors (Lipinski definition) is 3. The molecule has 0 saturated carbocycles. The van der Waals surface area contributed by atoms with Crippen LogP contribution in [-0.4, -0.2) is 18.4 Å². The van der Waals surface area contributed by atoms with E-state index >= 15 is 0 Å². The molecule has 2 heterocycles. The maximum atomic E-state index is 13.5. The number of carbonyl (C=O) groups excluding carboxylic acids is 2. The molecule has 4 aromatic rings. The van der Waals surface area contributed by atoms with Gasteiger partial charge in [0.2, 0.25) is 0 Å². The van der Waals surface area contributed by atoms with E-state index in [0.29, 0.717) is 37.8 Å². The fourth-order valence-electron chi connectivity index (χ4n) is 3.77. The third-order valence-electron chi connectivity index (χ3n) is 5.32. The van der Waals surface area contributed by atoms with E-state index in [1.165, 1.54) is 17.7 Å². The maximum absolute atomic E-state index is 13.5. The molecule has 0 saturated heterocycles. The average Bonchev–Trinajstić information content (AvgIpc) is 3.35. The first kappa shape index (κ1) is 19.7. The molecule has 0 radical (unpaired) electrons. The average molecular weight is 451 g/mol. The van der Waals surface area contributed by atoms with Gasteiger partial charge in [-0.15, -0.1) is 11.3 Å². The molecule has 0 atom stereocenters. The normalized spacial score (nSPS) is 12.8. The molecule has 1 aromatic heterocycles. The number of para-hydroxylation sites is 1. The Morgan fingerprint density at radius 1 is 1.03 bits per heavy atom. The number of thiophene rings is 1. The maximum Gasteiger partial charge on any atom is 0.267 e. The number of halogens is 2.